The molecule has 0 fully saturated rings. The van der Waals surface area contributed by atoms with Crippen LogP contribution in [0, 0.1) is 0 Å². The average Bonchev–Trinajstić information content (AvgIpc) is 2.77. The highest BCUT2D eigenvalue weighted by molar-refractivity contribution is 6.10. The van der Waals surface area contributed by atoms with Crippen LogP contribution in [0.2, 0.25) is 0 Å². The molecule has 0 aliphatic carbocycles. The Morgan fingerprint density at radius 3 is 2.82 bits per heavy atom. The summed E-state index contributed by atoms with van der Waals surface area (Å²) in [5.74, 6) is 0.205. The molecule has 22 heavy (non-hydrogen) atoms. The summed E-state index contributed by atoms with van der Waals surface area (Å²) in [4.78, 5) is 4.75. The van der Waals surface area contributed by atoms with E-state index in [1.165, 1.54) is 5.57 Å². The first-order valence-corrected chi connectivity index (χ1v) is 7.57. The van der Waals surface area contributed by atoms with Crippen LogP contribution in [0.3, 0.4) is 0 Å². The molecule has 0 amide bonds. The summed E-state index contributed by atoms with van der Waals surface area (Å²) in [5.41, 5.74) is 10.8. The van der Waals surface area contributed by atoms with Gasteiger partial charge in [0.2, 0.25) is 5.88 Å². The van der Waals surface area contributed by atoms with Gasteiger partial charge < -0.3 is 15.4 Å². The largest absolute Gasteiger partial charge is 0.494 e. The lowest BCUT2D eigenvalue weighted by molar-refractivity contribution is 0.421. The van der Waals surface area contributed by atoms with E-state index < -0.39 is 0 Å². The van der Waals surface area contributed by atoms with Crippen LogP contribution >= 0.6 is 0 Å². The van der Waals surface area contributed by atoms with Crippen LogP contribution in [0.15, 0.2) is 30.0 Å². The SMILES string of the molecule is CCCn1cc2nc3c(C=C(C)C)cccc3c(N)c2c1O. The van der Waals surface area contributed by atoms with Crippen molar-refractivity contribution in [3.05, 3.63) is 35.5 Å². The lowest BCUT2D eigenvalue weighted by atomic mass is 10.0. The zero-order chi connectivity index (χ0) is 15.9. The minimum atomic E-state index is 0.205. The quantitative estimate of drug-likeness (QED) is 0.756. The van der Waals surface area contributed by atoms with Gasteiger partial charge in [0.15, 0.2) is 0 Å². The molecular formula is C18H21N3O. The Kier molecular flexibility index (Phi) is 3.53. The van der Waals surface area contributed by atoms with E-state index in [0.717, 1.165) is 34.9 Å². The summed E-state index contributed by atoms with van der Waals surface area (Å²) in [7, 11) is 0. The number of aromatic hydroxyl groups is 1. The topological polar surface area (TPSA) is 64.1 Å². The summed E-state index contributed by atoms with van der Waals surface area (Å²) in [6.07, 6.45) is 4.92. The minimum absolute atomic E-state index is 0.205. The number of aromatic nitrogens is 2. The molecule has 3 N–H and O–H groups in total. The maximum atomic E-state index is 10.4. The Morgan fingerprint density at radius 2 is 2.14 bits per heavy atom. The number of allylic oxidation sites excluding steroid dienone is 1. The maximum Gasteiger partial charge on any atom is 0.202 e. The fourth-order valence-corrected chi connectivity index (χ4v) is 2.87. The molecule has 4 nitrogen and oxygen atoms in total. The molecule has 2 heterocycles. The van der Waals surface area contributed by atoms with Crippen LogP contribution < -0.4 is 5.73 Å². The second-order valence-electron chi connectivity index (χ2n) is 5.90. The second-order valence-corrected chi connectivity index (χ2v) is 5.90. The van der Waals surface area contributed by atoms with E-state index in [9.17, 15) is 5.11 Å². The Labute approximate surface area is 129 Å². The van der Waals surface area contributed by atoms with Crippen LogP contribution in [0.4, 0.5) is 5.69 Å². The number of fused-ring (bicyclic) bond motifs is 2. The van der Waals surface area contributed by atoms with E-state index in [1.54, 1.807) is 0 Å². The van der Waals surface area contributed by atoms with Gasteiger partial charge in [-0.05, 0) is 20.3 Å². The number of pyridine rings is 1. The third-order valence-corrected chi connectivity index (χ3v) is 3.80. The van der Waals surface area contributed by atoms with Crippen molar-refractivity contribution < 1.29 is 5.11 Å². The van der Waals surface area contributed by atoms with Crippen LogP contribution in [-0.4, -0.2) is 14.7 Å². The number of benzene rings is 1. The number of rotatable bonds is 3. The minimum Gasteiger partial charge on any atom is -0.494 e. The lowest BCUT2D eigenvalue weighted by Crippen LogP contribution is -1.93. The van der Waals surface area contributed by atoms with Crippen molar-refractivity contribution in [2.75, 3.05) is 5.73 Å². The third kappa shape index (κ3) is 2.21. The second kappa shape index (κ2) is 5.37. The third-order valence-electron chi connectivity index (χ3n) is 3.80. The van der Waals surface area contributed by atoms with Gasteiger partial charge in [-0.25, -0.2) is 4.98 Å². The fourth-order valence-electron chi connectivity index (χ4n) is 2.87. The molecule has 3 rings (SSSR count). The van der Waals surface area contributed by atoms with E-state index in [2.05, 4.69) is 26.8 Å². The van der Waals surface area contributed by atoms with Crippen LogP contribution in [0.5, 0.6) is 5.88 Å². The molecule has 1 aromatic carbocycles. The van der Waals surface area contributed by atoms with E-state index in [1.807, 2.05) is 29.0 Å². The van der Waals surface area contributed by atoms with Gasteiger partial charge in [0.25, 0.3) is 0 Å². The molecule has 0 aliphatic rings. The Morgan fingerprint density at radius 1 is 1.36 bits per heavy atom. The Balaban J connectivity index is 2.39. The molecule has 0 unspecified atom stereocenters. The number of hydrogen-bond donors (Lipinski definition) is 2. The highest BCUT2D eigenvalue weighted by Crippen LogP contribution is 2.37. The number of aryl methyl sites for hydroxylation is 1. The van der Waals surface area contributed by atoms with Crippen molar-refractivity contribution in [2.45, 2.75) is 33.7 Å². The van der Waals surface area contributed by atoms with Crippen molar-refractivity contribution in [1.29, 1.82) is 0 Å². The summed E-state index contributed by atoms with van der Waals surface area (Å²) >= 11 is 0. The maximum absolute atomic E-state index is 10.4. The molecule has 2 aromatic heterocycles. The molecular weight excluding hydrogens is 274 g/mol. The first kappa shape index (κ1) is 14.4. The highest BCUT2D eigenvalue weighted by Gasteiger charge is 2.16. The summed E-state index contributed by atoms with van der Waals surface area (Å²) in [5, 5.41) is 11.9. The number of nitrogens with two attached hydrogens (primary N) is 1. The first-order chi connectivity index (χ1) is 10.5. The predicted octanol–water partition coefficient (Wildman–Crippen LogP) is 4.31. The molecule has 114 valence electrons. The molecule has 0 spiro atoms. The molecule has 4 heteroatoms. The molecule has 3 aromatic rings. The van der Waals surface area contributed by atoms with Crippen molar-refractivity contribution in [3.8, 4) is 5.88 Å². The van der Waals surface area contributed by atoms with E-state index >= 15 is 0 Å². The number of nitrogen functional groups attached to an aromatic ring is 1. The van der Waals surface area contributed by atoms with Gasteiger partial charge in [-0.1, -0.05) is 36.8 Å². The zero-order valence-corrected chi connectivity index (χ0v) is 13.2. The smallest absolute Gasteiger partial charge is 0.202 e. The molecule has 0 bridgehead atoms. The van der Waals surface area contributed by atoms with Gasteiger partial charge in [-0.2, -0.15) is 0 Å². The summed E-state index contributed by atoms with van der Waals surface area (Å²) in [6, 6.07) is 5.97. The fraction of sp³-hybridized carbons (Fsp3) is 0.278. The van der Waals surface area contributed by atoms with Crippen molar-refractivity contribution in [1.82, 2.24) is 9.55 Å². The van der Waals surface area contributed by atoms with Crippen LogP contribution in [0.25, 0.3) is 27.9 Å². The zero-order valence-electron chi connectivity index (χ0n) is 13.2. The number of hydrogen-bond acceptors (Lipinski definition) is 3. The summed E-state index contributed by atoms with van der Waals surface area (Å²) < 4.78 is 1.81. The van der Waals surface area contributed by atoms with Gasteiger partial charge in [0.05, 0.1) is 22.1 Å². The molecule has 0 radical (unpaired) electrons. The Hall–Kier alpha value is -2.49. The van der Waals surface area contributed by atoms with E-state index in [4.69, 9.17) is 10.7 Å². The van der Waals surface area contributed by atoms with Gasteiger partial charge in [-0.15, -0.1) is 0 Å². The molecule has 0 saturated heterocycles. The summed E-state index contributed by atoms with van der Waals surface area (Å²) in [6.45, 7) is 6.94. The highest BCUT2D eigenvalue weighted by atomic mass is 16.3. The van der Waals surface area contributed by atoms with Gasteiger partial charge in [0.1, 0.15) is 0 Å². The number of anilines is 1. The molecule has 0 aliphatic heterocycles. The normalized spacial score (nSPS) is 11.2. The van der Waals surface area contributed by atoms with E-state index in [0.29, 0.717) is 11.1 Å². The molecule has 0 atom stereocenters. The lowest BCUT2D eigenvalue weighted by Gasteiger charge is -2.07. The van der Waals surface area contributed by atoms with Gasteiger partial charge >= 0.3 is 0 Å². The van der Waals surface area contributed by atoms with Crippen molar-refractivity contribution in [3.63, 3.8) is 0 Å². The van der Waals surface area contributed by atoms with Gasteiger partial charge in [0, 0.05) is 23.7 Å². The molecule has 0 saturated carbocycles. The first-order valence-electron chi connectivity index (χ1n) is 7.57. The average molecular weight is 295 g/mol. The predicted molar refractivity (Wildman–Crippen MR) is 92.9 cm³/mol. The van der Waals surface area contributed by atoms with E-state index in [-0.39, 0.29) is 5.88 Å². The van der Waals surface area contributed by atoms with Crippen molar-refractivity contribution in [2.24, 2.45) is 0 Å². The number of nitrogens with zero attached hydrogens (tertiary/aromatic N) is 2. The van der Waals surface area contributed by atoms with Crippen molar-refractivity contribution >= 4 is 33.6 Å². The van der Waals surface area contributed by atoms with Crippen LogP contribution in [-0.2, 0) is 6.54 Å². The number of para-hydroxylation sites is 1. The van der Waals surface area contributed by atoms with Crippen LogP contribution in [0.1, 0.15) is 32.8 Å². The monoisotopic (exact) mass is 295 g/mol. The van der Waals surface area contributed by atoms with Gasteiger partial charge in [-0.3, -0.25) is 0 Å². The Bertz CT molecular complexity index is 886. The standard InChI is InChI=1S/C18H21N3O/c1-4-8-21-10-14-15(18(21)22)16(19)13-7-5-6-12(9-11(2)3)17(13)20-14/h5-7,9-10,22H,4,8,19H2,1-3H3.